The fourth-order valence-corrected chi connectivity index (χ4v) is 3.83. The molecule has 6 heteroatoms. The molecule has 1 aromatic carbocycles. The van der Waals surface area contributed by atoms with Gasteiger partial charge in [0.15, 0.2) is 0 Å². The fourth-order valence-electron chi connectivity index (χ4n) is 2.61. The standard InChI is InChI=1S/C15H25N3O2S/c1-4-18-10-9-17(3)11-14(12-18)16-21(19,20)15-7-5-13(2)6-8-15/h5-8,14,16H,4,9-12H2,1-3H3/t14-/m1/s1. The van der Waals surface area contributed by atoms with Crippen molar-refractivity contribution in [1.29, 1.82) is 0 Å². The molecule has 0 bridgehead atoms. The van der Waals surface area contributed by atoms with Crippen molar-refractivity contribution in [3.8, 4) is 0 Å². The fraction of sp³-hybridized carbons (Fsp3) is 0.600. The molecule has 0 spiro atoms. The minimum Gasteiger partial charge on any atom is -0.303 e. The van der Waals surface area contributed by atoms with Crippen LogP contribution in [0.2, 0.25) is 0 Å². The second kappa shape index (κ2) is 6.87. The highest BCUT2D eigenvalue weighted by molar-refractivity contribution is 7.89. The number of sulfonamides is 1. The van der Waals surface area contributed by atoms with Crippen molar-refractivity contribution >= 4 is 10.0 Å². The molecule has 1 aliphatic rings. The molecule has 1 aliphatic heterocycles. The van der Waals surface area contributed by atoms with E-state index in [0.717, 1.165) is 38.3 Å². The van der Waals surface area contributed by atoms with Gasteiger partial charge in [-0.05, 0) is 32.6 Å². The second-order valence-electron chi connectivity index (χ2n) is 5.79. The molecule has 2 rings (SSSR count). The third kappa shape index (κ3) is 4.51. The molecule has 1 fully saturated rings. The molecule has 118 valence electrons. The second-order valence-corrected chi connectivity index (χ2v) is 7.50. The van der Waals surface area contributed by atoms with Crippen LogP contribution in [0.4, 0.5) is 0 Å². The quantitative estimate of drug-likeness (QED) is 0.898. The van der Waals surface area contributed by atoms with Crippen LogP contribution < -0.4 is 4.72 Å². The number of likely N-dealkylation sites (N-methyl/N-ethyl adjacent to an activating group) is 2. The molecule has 0 aromatic heterocycles. The van der Waals surface area contributed by atoms with Gasteiger partial charge in [0.05, 0.1) is 4.90 Å². The number of benzene rings is 1. The van der Waals surface area contributed by atoms with Gasteiger partial charge in [0.25, 0.3) is 0 Å². The first-order valence-corrected chi connectivity index (χ1v) is 8.89. The van der Waals surface area contributed by atoms with Crippen LogP contribution in [0.1, 0.15) is 12.5 Å². The van der Waals surface area contributed by atoms with Gasteiger partial charge < -0.3 is 9.80 Å². The van der Waals surface area contributed by atoms with E-state index in [0.29, 0.717) is 4.90 Å². The lowest BCUT2D eigenvalue weighted by atomic mass is 10.2. The lowest BCUT2D eigenvalue weighted by Crippen LogP contribution is -2.46. The van der Waals surface area contributed by atoms with E-state index in [-0.39, 0.29) is 6.04 Å². The third-order valence-corrected chi connectivity index (χ3v) is 5.45. The maximum Gasteiger partial charge on any atom is 0.240 e. The first-order chi connectivity index (χ1) is 9.90. The van der Waals surface area contributed by atoms with Crippen molar-refractivity contribution in [2.45, 2.75) is 24.8 Å². The van der Waals surface area contributed by atoms with Crippen LogP contribution in [-0.4, -0.2) is 64.0 Å². The predicted molar refractivity (Wildman–Crippen MR) is 84.9 cm³/mol. The zero-order chi connectivity index (χ0) is 15.5. The number of nitrogens with one attached hydrogen (secondary N) is 1. The summed E-state index contributed by atoms with van der Waals surface area (Å²) in [6, 6.07) is 6.90. The van der Waals surface area contributed by atoms with Crippen LogP contribution >= 0.6 is 0 Å². The highest BCUT2D eigenvalue weighted by atomic mass is 32.2. The predicted octanol–water partition coefficient (Wildman–Crippen LogP) is 0.909. The molecule has 21 heavy (non-hydrogen) atoms. The van der Waals surface area contributed by atoms with Crippen LogP contribution in [-0.2, 0) is 10.0 Å². The Morgan fingerprint density at radius 3 is 2.48 bits per heavy atom. The van der Waals surface area contributed by atoms with Gasteiger partial charge >= 0.3 is 0 Å². The Labute approximate surface area is 128 Å². The van der Waals surface area contributed by atoms with Gasteiger partial charge in [0, 0.05) is 32.2 Å². The number of rotatable bonds is 4. The lowest BCUT2D eigenvalue weighted by molar-refractivity contribution is 0.284. The van der Waals surface area contributed by atoms with E-state index in [1.54, 1.807) is 12.1 Å². The summed E-state index contributed by atoms with van der Waals surface area (Å²) in [7, 11) is -1.42. The highest BCUT2D eigenvalue weighted by Gasteiger charge is 2.25. The van der Waals surface area contributed by atoms with E-state index >= 15 is 0 Å². The van der Waals surface area contributed by atoms with E-state index in [1.165, 1.54) is 0 Å². The Kier molecular flexibility index (Phi) is 5.37. The highest BCUT2D eigenvalue weighted by Crippen LogP contribution is 2.12. The smallest absolute Gasteiger partial charge is 0.240 e. The largest absolute Gasteiger partial charge is 0.303 e. The first kappa shape index (κ1) is 16.4. The molecule has 0 aliphatic carbocycles. The third-order valence-electron chi connectivity index (χ3n) is 3.91. The molecular formula is C15H25N3O2S. The topological polar surface area (TPSA) is 52.6 Å². The Bertz CT molecular complexity index is 557. The normalized spacial score (nSPS) is 22.1. The molecule has 0 amide bonds. The maximum atomic E-state index is 12.5. The zero-order valence-electron chi connectivity index (χ0n) is 13.0. The minimum absolute atomic E-state index is 0.0799. The van der Waals surface area contributed by atoms with Crippen LogP contribution in [0.15, 0.2) is 29.2 Å². The molecule has 0 unspecified atom stereocenters. The first-order valence-electron chi connectivity index (χ1n) is 7.40. The summed E-state index contributed by atoms with van der Waals surface area (Å²) >= 11 is 0. The molecule has 0 radical (unpaired) electrons. The molecular weight excluding hydrogens is 286 g/mol. The summed E-state index contributed by atoms with van der Waals surface area (Å²) in [4.78, 5) is 4.80. The summed E-state index contributed by atoms with van der Waals surface area (Å²) in [5.74, 6) is 0. The van der Waals surface area contributed by atoms with Gasteiger partial charge in [-0.1, -0.05) is 24.6 Å². The van der Waals surface area contributed by atoms with Crippen molar-refractivity contribution in [3.63, 3.8) is 0 Å². The van der Waals surface area contributed by atoms with Crippen LogP contribution in [0.25, 0.3) is 0 Å². The van der Waals surface area contributed by atoms with Gasteiger partial charge in [-0.3, -0.25) is 0 Å². The molecule has 1 heterocycles. The van der Waals surface area contributed by atoms with Crippen LogP contribution in [0.3, 0.4) is 0 Å². The van der Waals surface area contributed by atoms with Gasteiger partial charge in [-0.15, -0.1) is 0 Å². The average molecular weight is 311 g/mol. The van der Waals surface area contributed by atoms with Crippen LogP contribution in [0, 0.1) is 6.92 Å². The summed E-state index contributed by atoms with van der Waals surface area (Å²) in [5.41, 5.74) is 1.06. The molecule has 1 N–H and O–H groups in total. The van der Waals surface area contributed by atoms with Crippen molar-refractivity contribution in [2.75, 3.05) is 39.8 Å². The lowest BCUT2D eigenvalue weighted by Gasteiger charge is -2.23. The maximum absolute atomic E-state index is 12.5. The van der Waals surface area contributed by atoms with Crippen molar-refractivity contribution in [3.05, 3.63) is 29.8 Å². The Morgan fingerprint density at radius 1 is 1.19 bits per heavy atom. The molecule has 1 aromatic rings. The molecule has 5 nitrogen and oxygen atoms in total. The SMILES string of the molecule is CCN1CCN(C)C[C@@H](NS(=O)(=O)c2ccc(C)cc2)C1. The number of hydrogen-bond donors (Lipinski definition) is 1. The number of nitrogens with zero attached hydrogens (tertiary/aromatic N) is 2. The Hall–Kier alpha value is -0.950. The van der Waals surface area contributed by atoms with Crippen molar-refractivity contribution in [2.24, 2.45) is 0 Å². The summed E-state index contributed by atoms with van der Waals surface area (Å²) in [5, 5.41) is 0. The number of aryl methyl sites for hydroxylation is 1. The van der Waals surface area contributed by atoms with E-state index in [9.17, 15) is 8.42 Å². The van der Waals surface area contributed by atoms with Crippen molar-refractivity contribution < 1.29 is 8.42 Å². The van der Waals surface area contributed by atoms with Crippen LogP contribution in [0.5, 0.6) is 0 Å². The van der Waals surface area contributed by atoms with Gasteiger partial charge in [0.1, 0.15) is 0 Å². The Balaban J connectivity index is 2.12. The van der Waals surface area contributed by atoms with Gasteiger partial charge in [0.2, 0.25) is 10.0 Å². The Morgan fingerprint density at radius 2 is 1.86 bits per heavy atom. The monoisotopic (exact) mass is 311 g/mol. The molecule has 1 saturated heterocycles. The summed E-state index contributed by atoms with van der Waals surface area (Å²) in [6.07, 6.45) is 0. The minimum atomic E-state index is -3.45. The van der Waals surface area contributed by atoms with E-state index in [4.69, 9.17) is 0 Å². The molecule has 1 atom stereocenters. The van der Waals surface area contributed by atoms with Gasteiger partial charge in [-0.2, -0.15) is 0 Å². The zero-order valence-corrected chi connectivity index (χ0v) is 13.9. The van der Waals surface area contributed by atoms with E-state index < -0.39 is 10.0 Å². The van der Waals surface area contributed by atoms with E-state index in [1.807, 2.05) is 26.1 Å². The summed E-state index contributed by atoms with van der Waals surface area (Å²) < 4.78 is 27.8. The van der Waals surface area contributed by atoms with Gasteiger partial charge in [-0.25, -0.2) is 13.1 Å². The van der Waals surface area contributed by atoms with E-state index in [2.05, 4.69) is 21.4 Å². The number of hydrogen-bond acceptors (Lipinski definition) is 4. The average Bonchev–Trinajstić information content (AvgIpc) is 2.60. The van der Waals surface area contributed by atoms with Crippen molar-refractivity contribution in [1.82, 2.24) is 14.5 Å². The molecule has 0 saturated carbocycles. The summed E-state index contributed by atoms with van der Waals surface area (Å²) in [6.45, 7) is 8.44.